The molecule has 2 atom stereocenters. The molecule has 24 heavy (non-hydrogen) atoms. The SMILES string of the molecule is CCC1(CNC(C)c2ccsc2)CCCN(C(=O)OC(C)(C)C)C1. The monoisotopic (exact) mass is 352 g/mol. The van der Waals surface area contributed by atoms with E-state index in [4.69, 9.17) is 4.74 Å². The van der Waals surface area contributed by atoms with Crippen molar-refractivity contribution in [2.45, 2.75) is 65.5 Å². The molecule has 1 aliphatic rings. The van der Waals surface area contributed by atoms with Crippen LogP contribution >= 0.6 is 11.3 Å². The van der Waals surface area contributed by atoms with Gasteiger partial charge in [0.2, 0.25) is 0 Å². The van der Waals surface area contributed by atoms with Crippen molar-refractivity contribution in [1.82, 2.24) is 10.2 Å². The van der Waals surface area contributed by atoms with Gasteiger partial charge in [0.05, 0.1) is 0 Å². The maximum atomic E-state index is 12.4. The van der Waals surface area contributed by atoms with E-state index in [0.717, 1.165) is 38.9 Å². The van der Waals surface area contributed by atoms with E-state index in [1.807, 2.05) is 25.7 Å². The van der Waals surface area contributed by atoms with Crippen molar-refractivity contribution < 1.29 is 9.53 Å². The predicted octanol–water partition coefficient (Wildman–Crippen LogP) is 4.83. The largest absolute Gasteiger partial charge is 0.444 e. The lowest BCUT2D eigenvalue weighted by Crippen LogP contribution is -2.51. The number of piperidine rings is 1. The Kier molecular flexibility index (Phi) is 6.32. The molecule has 0 aromatic carbocycles. The van der Waals surface area contributed by atoms with E-state index < -0.39 is 5.60 Å². The minimum absolute atomic E-state index is 0.138. The normalized spacial score (nSPS) is 23.1. The molecule has 2 unspecified atom stereocenters. The number of ether oxygens (including phenoxy) is 1. The highest BCUT2D eigenvalue weighted by atomic mass is 32.1. The zero-order valence-corrected chi connectivity index (χ0v) is 16.5. The number of thiophene rings is 1. The second-order valence-corrected chi connectivity index (χ2v) is 8.80. The summed E-state index contributed by atoms with van der Waals surface area (Å²) in [6.45, 7) is 12.7. The van der Waals surface area contributed by atoms with E-state index in [0.29, 0.717) is 6.04 Å². The first-order chi connectivity index (χ1) is 11.2. The molecule has 1 N–H and O–H groups in total. The van der Waals surface area contributed by atoms with E-state index in [-0.39, 0.29) is 11.5 Å². The third kappa shape index (κ3) is 5.21. The Balaban J connectivity index is 1.96. The third-order valence-corrected chi connectivity index (χ3v) is 5.59. The van der Waals surface area contributed by atoms with Gasteiger partial charge < -0.3 is 15.0 Å². The lowest BCUT2D eigenvalue weighted by molar-refractivity contribution is 0.00303. The van der Waals surface area contributed by atoms with Crippen LogP contribution in [-0.4, -0.2) is 36.2 Å². The van der Waals surface area contributed by atoms with Crippen LogP contribution in [0.2, 0.25) is 0 Å². The molecule has 4 nitrogen and oxygen atoms in total. The summed E-state index contributed by atoms with van der Waals surface area (Å²) in [5, 5.41) is 8.00. The van der Waals surface area contributed by atoms with Crippen molar-refractivity contribution in [2.75, 3.05) is 19.6 Å². The molecule has 0 bridgehead atoms. The smallest absolute Gasteiger partial charge is 0.410 e. The summed E-state index contributed by atoms with van der Waals surface area (Å²) in [4.78, 5) is 14.3. The molecule has 0 spiro atoms. The summed E-state index contributed by atoms with van der Waals surface area (Å²) in [7, 11) is 0. The minimum atomic E-state index is -0.435. The van der Waals surface area contributed by atoms with Crippen molar-refractivity contribution in [3.63, 3.8) is 0 Å². The molecule has 1 fully saturated rings. The van der Waals surface area contributed by atoms with E-state index >= 15 is 0 Å². The molecule has 2 rings (SSSR count). The highest BCUT2D eigenvalue weighted by Gasteiger charge is 2.37. The molecule has 1 aromatic heterocycles. The van der Waals surface area contributed by atoms with Crippen LogP contribution in [0.4, 0.5) is 4.79 Å². The van der Waals surface area contributed by atoms with Gasteiger partial charge in [0, 0.05) is 31.1 Å². The zero-order valence-electron chi connectivity index (χ0n) is 15.7. The minimum Gasteiger partial charge on any atom is -0.444 e. The number of nitrogens with zero attached hydrogens (tertiary/aromatic N) is 1. The summed E-state index contributed by atoms with van der Waals surface area (Å²) in [5.41, 5.74) is 1.04. The molecule has 1 amide bonds. The van der Waals surface area contributed by atoms with Gasteiger partial charge in [-0.05, 0) is 69.3 Å². The Bertz CT molecular complexity index is 524. The molecule has 1 saturated heterocycles. The van der Waals surface area contributed by atoms with Gasteiger partial charge in [-0.3, -0.25) is 0 Å². The van der Waals surface area contributed by atoms with Gasteiger partial charge in [-0.15, -0.1) is 0 Å². The fraction of sp³-hybridized carbons (Fsp3) is 0.737. The van der Waals surface area contributed by atoms with Gasteiger partial charge >= 0.3 is 6.09 Å². The highest BCUT2D eigenvalue weighted by molar-refractivity contribution is 7.07. The molecule has 0 aliphatic carbocycles. The van der Waals surface area contributed by atoms with Crippen LogP contribution < -0.4 is 5.32 Å². The fourth-order valence-electron chi connectivity index (χ4n) is 3.26. The number of carbonyl (C=O) groups excluding carboxylic acids is 1. The molecule has 136 valence electrons. The number of rotatable bonds is 5. The first-order valence-corrected chi connectivity index (χ1v) is 9.92. The number of amides is 1. The molecule has 0 radical (unpaired) electrons. The lowest BCUT2D eigenvalue weighted by atomic mass is 9.77. The molecule has 1 aromatic rings. The number of likely N-dealkylation sites (tertiary alicyclic amines) is 1. The van der Waals surface area contributed by atoms with Crippen molar-refractivity contribution in [2.24, 2.45) is 5.41 Å². The van der Waals surface area contributed by atoms with Crippen LogP contribution in [0.25, 0.3) is 0 Å². The fourth-order valence-corrected chi connectivity index (χ4v) is 4.01. The lowest BCUT2D eigenvalue weighted by Gasteiger charge is -2.43. The number of nitrogens with one attached hydrogen (secondary N) is 1. The third-order valence-electron chi connectivity index (χ3n) is 4.89. The maximum Gasteiger partial charge on any atom is 0.410 e. The average molecular weight is 353 g/mol. The van der Waals surface area contributed by atoms with Crippen LogP contribution in [0.5, 0.6) is 0 Å². The Morgan fingerprint density at radius 1 is 1.50 bits per heavy atom. The van der Waals surface area contributed by atoms with Crippen LogP contribution in [0.1, 0.15) is 65.5 Å². The van der Waals surface area contributed by atoms with Crippen LogP contribution in [0.3, 0.4) is 0 Å². The Hall–Kier alpha value is -1.07. The summed E-state index contributed by atoms with van der Waals surface area (Å²) >= 11 is 1.73. The zero-order chi connectivity index (χ0) is 17.8. The number of hydrogen-bond donors (Lipinski definition) is 1. The van der Waals surface area contributed by atoms with Gasteiger partial charge in [0.15, 0.2) is 0 Å². The first-order valence-electron chi connectivity index (χ1n) is 8.98. The van der Waals surface area contributed by atoms with Gasteiger partial charge in [0.1, 0.15) is 5.60 Å². The standard InChI is InChI=1S/C19H32N2O2S/c1-6-19(13-20-15(2)16-8-11-24-12-16)9-7-10-21(14-19)17(22)23-18(3,4)5/h8,11-12,15,20H,6-7,9-10,13-14H2,1-5H3. The van der Waals surface area contributed by atoms with Crippen LogP contribution in [-0.2, 0) is 4.74 Å². The summed E-state index contributed by atoms with van der Waals surface area (Å²) in [5.74, 6) is 0. The molecular formula is C19H32N2O2S. The summed E-state index contributed by atoms with van der Waals surface area (Å²) in [6, 6.07) is 2.52. The van der Waals surface area contributed by atoms with Crippen molar-refractivity contribution in [3.05, 3.63) is 22.4 Å². The summed E-state index contributed by atoms with van der Waals surface area (Å²) in [6.07, 6.45) is 3.09. The van der Waals surface area contributed by atoms with E-state index in [1.54, 1.807) is 11.3 Å². The van der Waals surface area contributed by atoms with Gasteiger partial charge in [-0.1, -0.05) is 6.92 Å². The quantitative estimate of drug-likeness (QED) is 0.825. The van der Waals surface area contributed by atoms with Gasteiger partial charge in [-0.2, -0.15) is 11.3 Å². The second kappa shape index (κ2) is 7.87. The molecule has 2 heterocycles. The first kappa shape index (κ1) is 19.3. The highest BCUT2D eigenvalue weighted by Crippen LogP contribution is 2.34. The van der Waals surface area contributed by atoms with Crippen molar-refractivity contribution in [1.29, 1.82) is 0 Å². The molecule has 0 saturated carbocycles. The van der Waals surface area contributed by atoms with Crippen LogP contribution in [0.15, 0.2) is 16.8 Å². The number of carbonyl (C=O) groups is 1. The summed E-state index contributed by atoms with van der Waals surface area (Å²) < 4.78 is 5.57. The van der Waals surface area contributed by atoms with Gasteiger partial charge in [-0.25, -0.2) is 4.79 Å². The number of hydrogen-bond acceptors (Lipinski definition) is 4. The van der Waals surface area contributed by atoms with Crippen molar-refractivity contribution in [3.8, 4) is 0 Å². The predicted molar refractivity (Wildman–Crippen MR) is 101 cm³/mol. The molecule has 1 aliphatic heterocycles. The Morgan fingerprint density at radius 3 is 2.83 bits per heavy atom. The topological polar surface area (TPSA) is 41.6 Å². The average Bonchev–Trinajstić information content (AvgIpc) is 3.06. The molecule has 5 heteroatoms. The van der Waals surface area contributed by atoms with E-state index in [2.05, 4.69) is 36.0 Å². The van der Waals surface area contributed by atoms with Crippen LogP contribution in [0, 0.1) is 5.41 Å². The second-order valence-electron chi connectivity index (χ2n) is 8.02. The molecular weight excluding hydrogens is 320 g/mol. The van der Waals surface area contributed by atoms with E-state index in [9.17, 15) is 4.79 Å². The maximum absolute atomic E-state index is 12.4. The Morgan fingerprint density at radius 2 is 2.25 bits per heavy atom. The van der Waals surface area contributed by atoms with Gasteiger partial charge in [0.25, 0.3) is 0 Å². The Labute approximate surface area is 150 Å². The van der Waals surface area contributed by atoms with E-state index in [1.165, 1.54) is 5.56 Å². The van der Waals surface area contributed by atoms with Crippen molar-refractivity contribution >= 4 is 17.4 Å².